The summed E-state index contributed by atoms with van der Waals surface area (Å²) in [7, 11) is 7.50. The van der Waals surface area contributed by atoms with Crippen LogP contribution in [-0.2, 0) is 22.5 Å². The largest absolute Gasteiger partial charge is 0.497 e. The SMILES string of the molecule is CCCCCCn1cc(C[C@@H](NC(=O)c2cc(-c3cc(OC)c(OC)c(OC)c3)nc3ccc(OC)cc23)C(=O)OC)c2ccccc21. The third-order valence-electron chi connectivity index (χ3n) is 8.56. The van der Waals surface area contributed by atoms with Gasteiger partial charge in [0, 0.05) is 41.0 Å². The molecule has 2 aromatic heterocycles. The van der Waals surface area contributed by atoms with Gasteiger partial charge >= 0.3 is 5.97 Å². The van der Waals surface area contributed by atoms with Gasteiger partial charge in [0.1, 0.15) is 11.8 Å². The van der Waals surface area contributed by atoms with Crippen molar-refractivity contribution >= 4 is 33.7 Å². The van der Waals surface area contributed by atoms with Gasteiger partial charge in [0.25, 0.3) is 5.91 Å². The minimum absolute atomic E-state index is 0.257. The smallest absolute Gasteiger partial charge is 0.328 e. The van der Waals surface area contributed by atoms with E-state index in [1.54, 1.807) is 43.5 Å². The molecule has 252 valence electrons. The quantitative estimate of drug-likeness (QED) is 0.0952. The number of ether oxygens (including phenoxy) is 5. The van der Waals surface area contributed by atoms with Gasteiger partial charge < -0.3 is 33.6 Å². The van der Waals surface area contributed by atoms with Crippen molar-refractivity contribution in [1.29, 1.82) is 0 Å². The Morgan fingerprint density at radius 1 is 0.833 bits per heavy atom. The number of esters is 1. The van der Waals surface area contributed by atoms with Gasteiger partial charge in [0.2, 0.25) is 5.75 Å². The standard InChI is InChI=1S/C38H43N3O7/c1-7-8-9-12-17-41-23-25(27-13-10-11-14-33(27)41)18-32(38(43)48-6)40-37(42)29-22-31(39-30-16-15-26(44-2)21-28(29)30)24-19-34(45-3)36(47-5)35(20-24)46-4/h10-11,13-16,19-23,32H,7-9,12,17-18H2,1-6H3,(H,40,42)/t32-/m1/s1. The van der Waals surface area contributed by atoms with Crippen molar-refractivity contribution < 1.29 is 33.3 Å². The van der Waals surface area contributed by atoms with Gasteiger partial charge in [-0.2, -0.15) is 0 Å². The zero-order chi connectivity index (χ0) is 34.2. The lowest BCUT2D eigenvalue weighted by atomic mass is 10.0. The number of aryl methyl sites for hydroxylation is 1. The first-order valence-electron chi connectivity index (χ1n) is 16.1. The van der Waals surface area contributed by atoms with E-state index in [9.17, 15) is 9.59 Å². The van der Waals surface area contributed by atoms with Crippen molar-refractivity contribution in [2.45, 2.75) is 51.6 Å². The van der Waals surface area contributed by atoms with Crippen LogP contribution in [0.25, 0.3) is 33.1 Å². The molecule has 48 heavy (non-hydrogen) atoms. The van der Waals surface area contributed by atoms with Crippen molar-refractivity contribution in [3.8, 4) is 34.3 Å². The number of methoxy groups -OCH3 is 5. The molecule has 3 aromatic carbocycles. The maximum absolute atomic E-state index is 14.2. The van der Waals surface area contributed by atoms with E-state index in [1.165, 1.54) is 41.3 Å². The molecule has 1 N–H and O–H groups in total. The number of unbranched alkanes of at least 4 members (excludes halogenated alkanes) is 3. The summed E-state index contributed by atoms with van der Waals surface area (Å²) < 4.78 is 29.5. The van der Waals surface area contributed by atoms with E-state index in [0.29, 0.717) is 50.7 Å². The second-order valence-electron chi connectivity index (χ2n) is 11.5. The molecule has 5 rings (SSSR count). The molecule has 0 aliphatic rings. The van der Waals surface area contributed by atoms with Crippen LogP contribution in [-0.4, -0.2) is 63.0 Å². The van der Waals surface area contributed by atoms with E-state index in [2.05, 4.69) is 35.1 Å². The molecule has 0 bridgehead atoms. The lowest BCUT2D eigenvalue weighted by Crippen LogP contribution is -2.43. The number of para-hydroxylation sites is 1. The number of carbonyl (C=O) groups is 2. The molecule has 1 amide bonds. The molecule has 0 fully saturated rings. The van der Waals surface area contributed by atoms with Crippen LogP contribution >= 0.6 is 0 Å². The Balaban J connectivity index is 1.54. The number of benzene rings is 3. The molecule has 0 aliphatic heterocycles. The van der Waals surface area contributed by atoms with Gasteiger partial charge in [-0.3, -0.25) is 4.79 Å². The Hall–Kier alpha value is -5.25. The molecular weight excluding hydrogens is 610 g/mol. The number of amides is 1. The molecule has 0 spiro atoms. The zero-order valence-corrected chi connectivity index (χ0v) is 28.4. The van der Waals surface area contributed by atoms with Crippen LogP contribution in [0.2, 0.25) is 0 Å². The molecule has 5 aromatic rings. The van der Waals surface area contributed by atoms with Gasteiger partial charge in [-0.15, -0.1) is 0 Å². The first-order chi connectivity index (χ1) is 23.3. The monoisotopic (exact) mass is 653 g/mol. The maximum atomic E-state index is 14.2. The molecule has 0 saturated carbocycles. The average molecular weight is 654 g/mol. The fraction of sp³-hybridized carbons (Fsp3) is 0.342. The molecule has 0 unspecified atom stereocenters. The first-order valence-corrected chi connectivity index (χ1v) is 16.1. The molecule has 0 aliphatic carbocycles. The highest BCUT2D eigenvalue weighted by atomic mass is 16.5. The van der Waals surface area contributed by atoms with Crippen LogP contribution in [0.5, 0.6) is 23.0 Å². The van der Waals surface area contributed by atoms with E-state index in [0.717, 1.165) is 35.9 Å². The van der Waals surface area contributed by atoms with Gasteiger partial charge in [-0.1, -0.05) is 44.4 Å². The summed E-state index contributed by atoms with van der Waals surface area (Å²) in [4.78, 5) is 32.3. The summed E-state index contributed by atoms with van der Waals surface area (Å²) in [6.07, 6.45) is 6.93. The molecular formula is C38H43N3O7. The molecule has 1 atom stereocenters. The van der Waals surface area contributed by atoms with E-state index in [1.807, 2.05) is 12.1 Å². The van der Waals surface area contributed by atoms with Gasteiger partial charge in [0.05, 0.1) is 52.3 Å². The fourth-order valence-electron chi connectivity index (χ4n) is 6.07. The number of pyridine rings is 1. The van der Waals surface area contributed by atoms with E-state index < -0.39 is 17.9 Å². The van der Waals surface area contributed by atoms with Crippen molar-refractivity contribution in [3.63, 3.8) is 0 Å². The van der Waals surface area contributed by atoms with Crippen LogP contribution in [0, 0.1) is 0 Å². The lowest BCUT2D eigenvalue weighted by molar-refractivity contribution is -0.142. The van der Waals surface area contributed by atoms with Gasteiger partial charge in [0.15, 0.2) is 11.5 Å². The predicted molar refractivity (Wildman–Crippen MR) is 186 cm³/mol. The third kappa shape index (κ3) is 7.17. The fourth-order valence-corrected chi connectivity index (χ4v) is 6.07. The highest BCUT2D eigenvalue weighted by Crippen LogP contribution is 2.41. The first kappa shape index (κ1) is 34.1. The summed E-state index contributed by atoms with van der Waals surface area (Å²) in [6.45, 7) is 3.08. The Morgan fingerprint density at radius 2 is 1.58 bits per heavy atom. The van der Waals surface area contributed by atoms with E-state index in [-0.39, 0.29) is 6.42 Å². The van der Waals surface area contributed by atoms with Crippen molar-refractivity contribution in [1.82, 2.24) is 14.9 Å². The Morgan fingerprint density at radius 3 is 2.25 bits per heavy atom. The number of fused-ring (bicyclic) bond motifs is 2. The molecule has 10 heteroatoms. The number of hydrogen-bond donors (Lipinski definition) is 1. The predicted octanol–water partition coefficient (Wildman–Crippen LogP) is 6.99. The second-order valence-corrected chi connectivity index (χ2v) is 11.5. The Labute approximate surface area is 280 Å². The number of nitrogens with one attached hydrogen (secondary N) is 1. The minimum atomic E-state index is -0.944. The van der Waals surface area contributed by atoms with Crippen LogP contribution < -0.4 is 24.3 Å². The number of carbonyl (C=O) groups excluding carboxylic acids is 2. The number of nitrogens with zero attached hydrogens (tertiary/aromatic N) is 2. The van der Waals surface area contributed by atoms with Crippen molar-refractivity contribution in [2.24, 2.45) is 0 Å². The van der Waals surface area contributed by atoms with E-state index in [4.69, 9.17) is 28.7 Å². The molecule has 10 nitrogen and oxygen atoms in total. The Bertz CT molecular complexity index is 1890. The van der Waals surface area contributed by atoms with E-state index >= 15 is 0 Å². The Kier molecular flexibility index (Phi) is 11.1. The van der Waals surface area contributed by atoms with Crippen molar-refractivity contribution in [2.75, 3.05) is 35.5 Å². The molecule has 2 heterocycles. The lowest BCUT2D eigenvalue weighted by Gasteiger charge is -2.18. The second kappa shape index (κ2) is 15.6. The highest BCUT2D eigenvalue weighted by Gasteiger charge is 2.26. The van der Waals surface area contributed by atoms with Gasteiger partial charge in [-0.05, 0) is 54.4 Å². The summed E-state index contributed by atoms with van der Waals surface area (Å²) in [6, 6.07) is 17.8. The summed E-state index contributed by atoms with van der Waals surface area (Å²) in [5.41, 5.74) is 4.07. The van der Waals surface area contributed by atoms with Gasteiger partial charge in [-0.25, -0.2) is 9.78 Å². The summed E-state index contributed by atoms with van der Waals surface area (Å²) >= 11 is 0. The third-order valence-corrected chi connectivity index (χ3v) is 8.56. The summed E-state index contributed by atoms with van der Waals surface area (Å²) in [5, 5.41) is 4.58. The minimum Gasteiger partial charge on any atom is -0.497 e. The topological polar surface area (TPSA) is 110 Å². The average Bonchev–Trinajstić information content (AvgIpc) is 3.47. The van der Waals surface area contributed by atoms with Crippen LogP contribution in [0.3, 0.4) is 0 Å². The molecule has 0 radical (unpaired) electrons. The molecule has 0 saturated heterocycles. The van der Waals surface area contributed by atoms with Crippen molar-refractivity contribution in [3.05, 3.63) is 78.0 Å². The van der Waals surface area contributed by atoms with Crippen LogP contribution in [0.4, 0.5) is 0 Å². The number of rotatable bonds is 15. The van der Waals surface area contributed by atoms with Crippen LogP contribution in [0.15, 0.2) is 66.9 Å². The summed E-state index contributed by atoms with van der Waals surface area (Å²) in [5.74, 6) is 0.909. The number of hydrogen-bond acceptors (Lipinski definition) is 8. The highest BCUT2D eigenvalue weighted by molar-refractivity contribution is 6.08. The number of aromatic nitrogens is 2. The zero-order valence-electron chi connectivity index (χ0n) is 28.4. The van der Waals surface area contributed by atoms with Crippen LogP contribution in [0.1, 0.15) is 48.5 Å². The normalized spacial score (nSPS) is 11.7. The maximum Gasteiger partial charge on any atom is 0.328 e.